The van der Waals surface area contributed by atoms with E-state index in [1.165, 1.54) is 43.8 Å². The molecule has 2 heteroatoms. The molecule has 0 saturated heterocycles. The van der Waals surface area contributed by atoms with Crippen LogP contribution in [-0.4, -0.2) is 7.11 Å². The normalized spacial score (nSPS) is 11.0. The molecule has 0 N–H and O–H groups in total. The summed E-state index contributed by atoms with van der Waals surface area (Å²) in [6.07, 6.45) is 0. The van der Waals surface area contributed by atoms with Crippen LogP contribution in [0.1, 0.15) is 0 Å². The summed E-state index contributed by atoms with van der Waals surface area (Å²) < 4.78 is 5.52. The molecule has 0 aliphatic heterocycles. The van der Waals surface area contributed by atoms with Crippen molar-refractivity contribution in [2.45, 2.75) is 0 Å². The van der Waals surface area contributed by atoms with E-state index in [4.69, 9.17) is 4.74 Å². The third-order valence-corrected chi connectivity index (χ3v) is 7.75. The summed E-state index contributed by atoms with van der Waals surface area (Å²) in [5.74, 6) is 0.833. The number of rotatable bonds is 6. The first-order chi connectivity index (χ1) is 20.3. The van der Waals surface area contributed by atoms with Crippen molar-refractivity contribution in [3.05, 3.63) is 158 Å². The molecule has 0 spiro atoms. The van der Waals surface area contributed by atoms with Gasteiger partial charge in [0, 0.05) is 16.9 Å². The Morgan fingerprint density at radius 1 is 0.463 bits per heavy atom. The van der Waals surface area contributed by atoms with E-state index in [0.717, 1.165) is 22.8 Å². The largest absolute Gasteiger partial charge is 0.497 e. The summed E-state index contributed by atoms with van der Waals surface area (Å²) in [7, 11) is 1.71. The first-order valence-electron chi connectivity index (χ1n) is 13.9. The molecule has 196 valence electrons. The van der Waals surface area contributed by atoms with Gasteiger partial charge in [0.2, 0.25) is 0 Å². The van der Waals surface area contributed by atoms with Gasteiger partial charge in [0.05, 0.1) is 12.8 Å². The lowest BCUT2D eigenvalue weighted by atomic mass is 9.91. The average molecular weight is 528 g/mol. The standard InChI is InChI=1S/C39H29NO/c1-41-34-24-22-32(23-25-34)40(33-17-9-16-31(27-33)28-11-3-2-4-12-28)38-26-21-30-14-6-8-19-36(30)39(38)37-20-10-15-29-13-5-7-18-35(29)37/h2-27H,1H3. The minimum atomic E-state index is 0.833. The molecule has 0 aliphatic rings. The van der Waals surface area contributed by atoms with E-state index >= 15 is 0 Å². The Morgan fingerprint density at radius 3 is 1.88 bits per heavy atom. The third-order valence-electron chi connectivity index (χ3n) is 7.75. The number of ether oxygens (including phenoxy) is 1. The smallest absolute Gasteiger partial charge is 0.119 e. The van der Waals surface area contributed by atoms with Crippen molar-refractivity contribution in [1.82, 2.24) is 0 Å². The highest BCUT2D eigenvalue weighted by molar-refractivity contribution is 6.11. The molecule has 0 amide bonds. The zero-order chi connectivity index (χ0) is 27.6. The van der Waals surface area contributed by atoms with E-state index in [9.17, 15) is 0 Å². The number of methoxy groups -OCH3 is 1. The lowest BCUT2D eigenvalue weighted by Gasteiger charge is -2.29. The fraction of sp³-hybridized carbons (Fsp3) is 0.0256. The van der Waals surface area contributed by atoms with Crippen molar-refractivity contribution in [2.75, 3.05) is 12.0 Å². The van der Waals surface area contributed by atoms with Crippen molar-refractivity contribution < 1.29 is 4.74 Å². The fourth-order valence-corrected chi connectivity index (χ4v) is 5.79. The van der Waals surface area contributed by atoms with Gasteiger partial charge in [-0.15, -0.1) is 0 Å². The number of nitrogens with zero attached hydrogens (tertiary/aromatic N) is 1. The highest BCUT2D eigenvalue weighted by Gasteiger charge is 2.21. The molecular formula is C39H29NO. The predicted molar refractivity (Wildman–Crippen MR) is 174 cm³/mol. The summed E-state index contributed by atoms with van der Waals surface area (Å²) in [5, 5.41) is 4.90. The minimum Gasteiger partial charge on any atom is -0.497 e. The van der Waals surface area contributed by atoms with Crippen LogP contribution in [0.25, 0.3) is 43.8 Å². The maximum Gasteiger partial charge on any atom is 0.119 e. The molecular weight excluding hydrogens is 498 g/mol. The summed E-state index contributed by atoms with van der Waals surface area (Å²) in [6, 6.07) is 56.1. The van der Waals surface area contributed by atoms with E-state index in [1.807, 2.05) is 12.1 Å². The molecule has 0 saturated carbocycles. The van der Waals surface area contributed by atoms with Crippen LogP contribution in [0.2, 0.25) is 0 Å². The molecule has 0 aromatic heterocycles. The molecule has 7 rings (SSSR count). The monoisotopic (exact) mass is 527 g/mol. The lowest BCUT2D eigenvalue weighted by Crippen LogP contribution is -2.11. The van der Waals surface area contributed by atoms with Gasteiger partial charge in [-0.05, 0) is 80.7 Å². The van der Waals surface area contributed by atoms with Crippen molar-refractivity contribution in [3.8, 4) is 28.0 Å². The second-order valence-corrected chi connectivity index (χ2v) is 10.2. The minimum absolute atomic E-state index is 0.833. The molecule has 41 heavy (non-hydrogen) atoms. The fourth-order valence-electron chi connectivity index (χ4n) is 5.79. The zero-order valence-electron chi connectivity index (χ0n) is 22.9. The Kier molecular flexibility index (Phi) is 6.42. The molecule has 0 heterocycles. The van der Waals surface area contributed by atoms with Crippen molar-refractivity contribution >= 4 is 38.6 Å². The number of anilines is 3. The predicted octanol–water partition coefficient (Wildman–Crippen LogP) is 10.8. The lowest BCUT2D eigenvalue weighted by molar-refractivity contribution is 0.415. The van der Waals surface area contributed by atoms with Crippen LogP contribution in [0.15, 0.2) is 158 Å². The van der Waals surface area contributed by atoms with Gasteiger partial charge >= 0.3 is 0 Å². The molecule has 7 aromatic carbocycles. The van der Waals surface area contributed by atoms with Gasteiger partial charge in [-0.2, -0.15) is 0 Å². The Hall–Kier alpha value is -5.34. The second kappa shape index (κ2) is 10.7. The summed E-state index contributed by atoms with van der Waals surface area (Å²) in [4.78, 5) is 2.37. The van der Waals surface area contributed by atoms with Gasteiger partial charge in [-0.1, -0.05) is 115 Å². The first kappa shape index (κ1) is 24.7. The maximum absolute atomic E-state index is 5.52. The Morgan fingerprint density at radius 2 is 1.10 bits per heavy atom. The quantitative estimate of drug-likeness (QED) is 0.213. The molecule has 0 atom stereocenters. The van der Waals surface area contributed by atoms with E-state index in [-0.39, 0.29) is 0 Å². The molecule has 0 aliphatic carbocycles. The molecule has 7 aromatic rings. The van der Waals surface area contributed by atoms with Crippen LogP contribution in [-0.2, 0) is 0 Å². The number of hydrogen-bond donors (Lipinski definition) is 0. The molecule has 0 radical (unpaired) electrons. The molecule has 0 bridgehead atoms. The Balaban J connectivity index is 1.54. The van der Waals surface area contributed by atoms with E-state index < -0.39 is 0 Å². The third kappa shape index (κ3) is 4.60. The van der Waals surface area contributed by atoms with Crippen LogP contribution >= 0.6 is 0 Å². The first-order valence-corrected chi connectivity index (χ1v) is 13.9. The molecule has 0 fully saturated rings. The number of benzene rings is 7. The maximum atomic E-state index is 5.52. The van der Waals surface area contributed by atoms with Gasteiger partial charge in [0.15, 0.2) is 0 Å². The molecule has 0 unspecified atom stereocenters. The zero-order valence-corrected chi connectivity index (χ0v) is 22.9. The van der Waals surface area contributed by atoms with E-state index in [1.54, 1.807) is 7.11 Å². The van der Waals surface area contributed by atoms with Crippen LogP contribution in [0, 0.1) is 0 Å². The second-order valence-electron chi connectivity index (χ2n) is 10.2. The Bertz CT molecular complexity index is 1970. The van der Waals surface area contributed by atoms with Crippen LogP contribution in [0.3, 0.4) is 0 Å². The summed E-state index contributed by atoms with van der Waals surface area (Å²) in [5.41, 5.74) is 8.07. The van der Waals surface area contributed by atoms with Crippen molar-refractivity contribution in [2.24, 2.45) is 0 Å². The van der Waals surface area contributed by atoms with Gasteiger partial charge in [0.25, 0.3) is 0 Å². The highest BCUT2D eigenvalue weighted by Crippen LogP contribution is 2.46. The highest BCUT2D eigenvalue weighted by atomic mass is 16.5. The van der Waals surface area contributed by atoms with E-state index in [2.05, 4.69) is 150 Å². The summed E-state index contributed by atoms with van der Waals surface area (Å²) >= 11 is 0. The van der Waals surface area contributed by atoms with Crippen LogP contribution in [0.4, 0.5) is 17.1 Å². The Labute approximate surface area is 240 Å². The number of hydrogen-bond acceptors (Lipinski definition) is 2. The van der Waals surface area contributed by atoms with Crippen molar-refractivity contribution in [1.29, 1.82) is 0 Å². The average Bonchev–Trinajstić information content (AvgIpc) is 3.05. The topological polar surface area (TPSA) is 12.5 Å². The van der Waals surface area contributed by atoms with Gasteiger partial charge < -0.3 is 9.64 Å². The van der Waals surface area contributed by atoms with Gasteiger partial charge in [-0.3, -0.25) is 0 Å². The molecule has 2 nitrogen and oxygen atoms in total. The number of fused-ring (bicyclic) bond motifs is 2. The van der Waals surface area contributed by atoms with Gasteiger partial charge in [-0.25, -0.2) is 0 Å². The SMILES string of the molecule is COc1ccc(N(c2cccc(-c3ccccc3)c2)c2ccc3ccccc3c2-c2cccc3ccccc23)cc1. The summed E-state index contributed by atoms with van der Waals surface area (Å²) in [6.45, 7) is 0. The van der Waals surface area contributed by atoms with Crippen LogP contribution in [0.5, 0.6) is 5.75 Å². The van der Waals surface area contributed by atoms with Gasteiger partial charge in [0.1, 0.15) is 5.75 Å². The van der Waals surface area contributed by atoms with Crippen molar-refractivity contribution in [3.63, 3.8) is 0 Å². The van der Waals surface area contributed by atoms with E-state index in [0.29, 0.717) is 0 Å². The van der Waals surface area contributed by atoms with Crippen LogP contribution < -0.4 is 9.64 Å².